The smallest absolute Gasteiger partial charge is 0.254 e. The molecule has 1 aromatic rings. The van der Waals surface area contributed by atoms with Gasteiger partial charge in [0.05, 0.1) is 0 Å². The molecule has 3 nitrogen and oxygen atoms in total. The molecule has 0 aliphatic heterocycles. The Hall–Kier alpha value is -1.09. The Kier molecular flexibility index (Phi) is 12.0. The predicted molar refractivity (Wildman–Crippen MR) is 82.4 cm³/mol. The van der Waals surface area contributed by atoms with E-state index in [1.54, 1.807) is 6.07 Å². The Morgan fingerprint density at radius 3 is 2.19 bits per heavy atom. The normalized spacial score (nSPS) is 10.1. The van der Waals surface area contributed by atoms with Gasteiger partial charge in [-0.25, -0.2) is 4.57 Å². The first-order valence-corrected chi connectivity index (χ1v) is 8.03. The van der Waals surface area contributed by atoms with Crippen molar-refractivity contribution in [1.29, 1.82) is 0 Å². The van der Waals surface area contributed by atoms with Crippen LogP contribution < -0.4 is 22.7 Å². The van der Waals surface area contributed by atoms with E-state index in [0.29, 0.717) is 5.56 Å². The number of nitrogens with two attached hydrogens (primary N) is 1. The average Bonchev–Trinajstić information content (AvgIpc) is 2.46. The van der Waals surface area contributed by atoms with Gasteiger partial charge in [-0.2, -0.15) is 0 Å². The third-order valence-electron chi connectivity index (χ3n) is 3.66. The molecule has 0 aliphatic carbocycles. The zero-order valence-electron chi connectivity index (χ0n) is 13.2. The number of carbonyl (C=O) groups excluding carboxylic acids is 1. The Balaban J connectivity index is 0.00000400. The number of pyridine rings is 1. The van der Waals surface area contributed by atoms with Crippen molar-refractivity contribution in [2.75, 3.05) is 0 Å². The number of rotatable bonds is 11. The zero-order valence-corrected chi connectivity index (χ0v) is 13.9. The van der Waals surface area contributed by atoms with Crippen LogP contribution in [0.1, 0.15) is 75.1 Å². The quantitative estimate of drug-likeness (QED) is 0.472. The Bertz CT molecular complexity index is 396. The lowest BCUT2D eigenvalue weighted by molar-refractivity contribution is -0.697. The van der Waals surface area contributed by atoms with Gasteiger partial charge < -0.3 is 18.1 Å². The highest BCUT2D eigenvalue weighted by Crippen LogP contribution is 2.09. The van der Waals surface area contributed by atoms with Crippen molar-refractivity contribution >= 4 is 5.91 Å². The second-order valence-corrected chi connectivity index (χ2v) is 5.52. The van der Waals surface area contributed by atoms with Gasteiger partial charge >= 0.3 is 0 Å². The number of unbranched alkanes of at least 4 members (excludes halogenated alkanes) is 8. The molecule has 0 bridgehead atoms. The minimum absolute atomic E-state index is 0. The molecular formula is C17H29ClN2O. The molecule has 0 aromatic carbocycles. The van der Waals surface area contributed by atoms with E-state index >= 15 is 0 Å². The van der Waals surface area contributed by atoms with Crippen molar-refractivity contribution in [2.45, 2.75) is 71.3 Å². The first kappa shape index (κ1) is 19.9. The fourth-order valence-electron chi connectivity index (χ4n) is 2.41. The topological polar surface area (TPSA) is 47.0 Å². The van der Waals surface area contributed by atoms with E-state index in [0.717, 1.165) is 6.54 Å². The van der Waals surface area contributed by atoms with Crippen molar-refractivity contribution in [3.05, 3.63) is 30.1 Å². The maximum Gasteiger partial charge on any atom is 0.254 e. The van der Waals surface area contributed by atoms with Gasteiger partial charge in [0.2, 0.25) is 0 Å². The highest BCUT2D eigenvalue weighted by molar-refractivity contribution is 5.92. The lowest BCUT2D eigenvalue weighted by atomic mass is 10.1. The van der Waals surface area contributed by atoms with E-state index < -0.39 is 0 Å². The predicted octanol–water partition coefficient (Wildman–Crippen LogP) is 0.608. The van der Waals surface area contributed by atoms with Gasteiger partial charge in [-0.1, -0.05) is 51.9 Å². The minimum Gasteiger partial charge on any atom is -1.00 e. The van der Waals surface area contributed by atoms with E-state index in [1.807, 2.05) is 18.5 Å². The number of hydrogen-bond donors (Lipinski definition) is 1. The van der Waals surface area contributed by atoms with Crippen molar-refractivity contribution < 1.29 is 21.8 Å². The molecule has 1 amide bonds. The second-order valence-electron chi connectivity index (χ2n) is 5.52. The number of amides is 1. The molecule has 2 N–H and O–H groups in total. The molecule has 0 radical (unpaired) electrons. The van der Waals surface area contributed by atoms with Crippen LogP contribution in [0.2, 0.25) is 0 Å². The number of aryl methyl sites for hydroxylation is 1. The monoisotopic (exact) mass is 312 g/mol. The van der Waals surface area contributed by atoms with Crippen molar-refractivity contribution in [1.82, 2.24) is 0 Å². The summed E-state index contributed by atoms with van der Waals surface area (Å²) in [6, 6.07) is 3.64. The largest absolute Gasteiger partial charge is 1.00 e. The van der Waals surface area contributed by atoms with Gasteiger partial charge in [0, 0.05) is 12.5 Å². The number of carbonyl (C=O) groups is 1. The molecular weight excluding hydrogens is 284 g/mol. The van der Waals surface area contributed by atoms with Crippen molar-refractivity contribution in [3.8, 4) is 0 Å². The van der Waals surface area contributed by atoms with Crippen LogP contribution in [0.5, 0.6) is 0 Å². The van der Waals surface area contributed by atoms with Crippen molar-refractivity contribution in [2.24, 2.45) is 5.73 Å². The molecule has 1 aromatic heterocycles. The van der Waals surface area contributed by atoms with Crippen LogP contribution >= 0.6 is 0 Å². The molecule has 0 saturated heterocycles. The molecule has 120 valence electrons. The standard InChI is InChI=1S/C17H28N2O.ClH/c1-2-3-4-5-6-7-8-9-10-13-19-14-11-12-16(15-19)17(18)20;/h11-12,14-15H,2-10,13H2,1H3,(H-,18,20);1H. The minimum atomic E-state index is -0.355. The Morgan fingerprint density at radius 2 is 1.62 bits per heavy atom. The number of nitrogens with zero attached hydrogens (tertiary/aromatic N) is 1. The summed E-state index contributed by atoms with van der Waals surface area (Å²) in [7, 11) is 0. The maximum absolute atomic E-state index is 11.1. The summed E-state index contributed by atoms with van der Waals surface area (Å²) in [5.74, 6) is -0.355. The lowest BCUT2D eigenvalue weighted by Gasteiger charge is -2.01. The van der Waals surface area contributed by atoms with E-state index in [2.05, 4.69) is 11.5 Å². The van der Waals surface area contributed by atoms with E-state index in [1.165, 1.54) is 57.8 Å². The first-order chi connectivity index (χ1) is 9.74. The summed E-state index contributed by atoms with van der Waals surface area (Å²) in [5.41, 5.74) is 5.86. The highest BCUT2D eigenvalue weighted by atomic mass is 35.5. The zero-order chi connectivity index (χ0) is 14.6. The Morgan fingerprint density at radius 1 is 1.05 bits per heavy atom. The van der Waals surface area contributed by atoms with Crippen LogP contribution in [0.4, 0.5) is 0 Å². The molecule has 0 spiro atoms. The van der Waals surface area contributed by atoms with E-state index in [-0.39, 0.29) is 18.3 Å². The van der Waals surface area contributed by atoms with Crippen LogP contribution in [0.25, 0.3) is 0 Å². The van der Waals surface area contributed by atoms with Gasteiger partial charge in [0.25, 0.3) is 5.91 Å². The molecule has 21 heavy (non-hydrogen) atoms. The van der Waals surface area contributed by atoms with Crippen LogP contribution in [-0.2, 0) is 6.54 Å². The average molecular weight is 313 g/mol. The summed E-state index contributed by atoms with van der Waals surface area (Å²) in [5, 5.41) is 0. The van der Waals surface area contributed by atoms with Crippen LogP contribution in [0.15, 0.2) is 24.5 Å². The van der Waals surface area contributed by atoms with Crippen molar-refractivity contribution in [3.63, 3.8) is 0 Å². The molecule has 4 heteroatoms. The summed E-state index contributed by atoms with van der Waals surface area (Å²) in [6.45, 7) is 3.22. The third-order valence-corrected chi connectivity index (χ3v) is 3.66. The second kappa shape index (κ2) is 12.6. The number of halogens is 1. The third kappa shape index (κ3) is 9.46. The summed E-state index contributed by atoms with van der Waals surface area (Å²) in [4.78, 5) is 11.1. The highest BCUT2D eigenvalue weighted by Gasteiger charge is 2.06. The fourth-order valence-corrected chi connectivity index (χ4v) is 2.41. The van der Waals surface area contributed by atoms with Crippen LogP contribution in [-0.4, -0.2) is 5.91 Å². The van der Waals surface area contributed by atoms with Gasteiger partial charge in [0.1, 0.15) is 12.1 Å². The van der Waals surface area contributed by atoms with Gasteiger partial charge in [0.15, 0.2) is 12.4 Å². The maximum atomic E-state index is 11.1. The van der Waals surface area contributed by atoms with Gasteiger partial charge in [-0.3, -0.25) is 4.79 Å². The number of hydrogen-bond acceptors (Lipinski definition) is 1. The summed E-state index contributed by atoms with van der Waals surface area (Å²) in [6.07, 6.45) is 15.8. The number of aromatic nitrogens is 1. The van der Waals surface area contributed by atoms with E-state index in [9.17, 15) is 4.79 Å². The molecule has 1 rings (SSSR count). The van der Waals surface area contributed by atoms with Crippen LogP contribution in [0, 0.1) is 0 Å². The molecule has 0 fully saturated rings. The van der Waals surface area contributed by atoms with Crippen LogP contribution in [0.3, 0.4) is 0 Å². The number of primary amides is 1. The summed E-state index contributed by atoms with van der Waals surface area (Å²) >= 11 is 0. The first-order valence-electron chi connectivity index (χ1n) is 8.03. The molecule has 0 unspecified atom stereocenters. The molecule has 0 saturated carbocycles. The van der Waals surface area contributed by atoms with Gasteiger partial charge in [-0.15, -0.1) is 0 Å². The van der Waals surface area contributed by atoms with Gasteiger partial charge in [-0.05, 0) is 12.5 Å². The molecule has 0 atom stereocenters. The molecule has 0 aliphatic rings. The molecule has 1 heterocycles. The fraction of sp³-hybridized carbons (Fsp3) is 0.647. The van der Waals surface area contributed by atoms with E-state index in [4.69, 9.17) is 5.73 Å². The SMILES string of the molecule is CCCCCCCCCCC[n+]1cccc(C(N)=O)c1.[Cl-]. The Labute approximate surface area is 135 Å². The summed E-state index contributed by atoms with van der Waals surface area (Å²) < 4.78 is 2.06. The lowest BCUT2D eigenvalue weighted by Crippen LogP contribution is -3.00.